The predicted molar refractivity (Wildman–Crippen MR) is 147 cm³/mol. The summed E-state index contributed by atoms with van der Waals surface area (Å²) < 4.78 is 24.8. The van der Waals surface area contributed by atoms with Crippen LogP contribution in [0.3, 0.4) is 0 Å². The van der Waals surface area contributed by atoms with Crippen LogP contribution in [0.25, 0.3) is 10.9 Å². The Labute approximate surface area is 226 Å². The minimum Gasteiger partial charge on any atom is -0.497 e. The number of likely N-dealkylation sites (N-methyl/N-ethyl adjacent to an activating group) is 1. The first-order valence-corrected chi connectivity index (χ1v) is 13.6. The number of fused-ring (bicyclic) bond motifs is 1. The second kappa shape index (κ2) is 12.3. The minimum atomic E-state index is -0.311. The molecular weight excluding hydrogens is 538 g/mol. The van der Waals surface area contributed by atoms with Crippen LogP contribution in [0.2, 0.25) is 0 Å². The van der Waals surface area contributed by atoms with Crippen molar-refractivity contribution in [3.05, 3.63) is 41.1 Å². The number of piperazine rings is 1. The number of hydrogen-bond acceptors (Lipinski definition) is 9. The highest BCUT2D eigenvalue weighted by molar-refractivity contribution is 9.10. The third kappa shape index (κ3) is 6.62. The zero-order valence-electron chi connectivity index (χ0n) is 21.4. The maximum atomic E-state index is 6.40. The van der Waals surface area contributed by atoms with Crippen LogP contribution >= 0.6 is 15.9 Å². The molecule has 1 unspecified atom stereocenters. The number of anilines is 2. The molecule has 1 aromatic heterocycles. The molecule has 2 aliphatic rings. The van der Waals surface area contributed by atoms with E-state index in [2.05, 4.69) is 48.1 Å². The van der Waals surface area contributed by atoms with E-state index >= 15 is 0 Å². The van der Waals surface area contributed by atoms with Gasteiger partial charge in [-0.25, -0.2) is 9.97 Å². The third-order valence-corrected chi connectivity index (χ3v) is 7.46. The van der Waals surface area contributed by atoms with Crippen LogP contribution in [0.1, 0.15) is 19.3 Å². The second-order valence-corrected chi connectivity index (χ2v) is 10.3. The first-order valence-electron chi connectivity index (χ1n) is 12.8. The molecule has 3 heterocycles. The number of aromatic nitrogens is 2. The van der Waals surface area contributed by atoms with Crippen molar-refractivity contribution in [2.75, 3.05) is 65.4 Å². The summed E-state index contributed by atoms with van der Waals surface area (Å²) >= 11 is 3.62. The van der Waals surface area contributed by atoms with Gasteiger partial charge in [0.1, 0.15) is 36.0 Å². The molecule has 10 heteroatoms. The summed E-state index contributed by atoms with van der Waals surface area (Å²) in [7, 11) is 3.81. The number of hydrogen-bond donors (Lipinski definition) is 1. The van der Waals surface area contributed by atoms with Crippen LogP contribution in [0.4, 0.5) is 11.5 Å². The minimum absolute atomic E-state index is 0.311. The van der Waals surface area contributed by atoms with Crippen molar-refractivity contribution in [1.82, 2.24) is 19.8 Å². The van der Waals surface area contributed by atoms with Crippen LogP contribution in [0, 0.1) is 0 Å². The van der Waals surface area contributed by atoms with Gasteiger partial charge in [-0.1, -0.05) is 0 Å². The molecule has 198 valence electrons. The molecule has 2 aliphatic heterocycles. The van der Waals surface area contributed by atoms with Crippen LogP contribution in [-0.4, -0.2) is 86.2 Å². The van der Waals surface area contributed by atoms with E-state index in [1.165, 1.54) is 0 Å². The molecule has 0 radical (unpaired) electrons. The topological polar surface area (TPSA) is 81.2 Å². The Morgan fingerprint density at radius 1 is 1.08 bits per heavy atom. The van der Waals surface area contributed by atoms with Crippen LogP contribution in [0.5, 0.6) is 17.2 Å². The SMILES string of the molecule is COc1ccc(Br)c(Nc2ncnc3cc(OCCN4CCN(C)CC4)cc(OC4CCCCO4)c23)c1. The Morgan fingerprint density at radius 3 is 2.73 bits per heavy atom. The van der Waals surface area contributed by atoms with Crippen LogP contribution in [0.15, 0.2) is 41.1 Å². The van der Waals surface area contributed by atoms with E-state index in [0.29, 0.717) is 24.8 Å². The number of benzene rings is 2. The molecule has 3 aromatic rings. The van der Waals surface area contributed by atoms with Gasteiger partial charge in [0.25, 0.3) is 0 Å². The van der Waals surface area contributed by atoms with E-state index in [9.17, 15) is 0 Å². The third-order valence-electron chi connectivity index (χ3n) is 6.77. The predicted octanol–water partition coefficient (Wildman–Crippen LogP) is 4.68. The number of nitrogens with one attached hydrogen (secondary N) is 1. The Hall–Kier alpha value is -2.66. The zero-order valence-corrected chi connectivity index (χ0v) is 23.0. The maximum Gasteiger partial charge on any atom is 0.199 e. The number of ether oxygens (including phenoxy) is 4. The lowest BCUT2D eigenvalue weighted by molar-refractivity contribution is -0.105. The molecule has 0 spiro atoms. The van der Waals surface area contributed by atoms with Crippen molar-refractivity contribution in [3.63, 3.8) is 0 Å². The van der Waals surface area contributed by atoms with Gasteiger partial charge in [0.2, 0.25) is 0 Å². The first-order chi connectivity index (χ1) is 18.1. The van der Waals surface area contributed by atoms with E-state index < -0.39 is 0 Å². The molecule has 2 saturated heterocycles. The summed E-state index contributed by atoms with van der Waals surface area (Å²) in [5, 5.41) is 4.20. The highest BCUT2D eigenvalue weighted by Crippen LogP contribution is 2.38. The molecule has 9 nitrogen and oxygen atoms in total. The fraction of sp³-hybridized carbons (Fsp3) is 0.481. The van der Waals surface area contributed by atoms with E-state index in [1.54, 1.807) is 13.4 Å². The Balaban J connectivity index is 1.42. The van der Waals surface area contributed by atoms with Crippen molar-refractivity contribution < 1.29 is 18.9 Å². The fourth-order valence-electron chi connectivity index (χ4n) is 4.56. The van der Waals surface area contributed by atoms with Gasteiger partial charge >= 0.3 is 0 Å². The molecule has 1 N–H and O–H groups in total. The van der Waals surface area contributed by atoms with Crippen LogP contribution in [-0.2, 0) is 4.74 Å². The molecule has 2 fully saturated rings. The molecule has 37 heavy (non-hydrogen) atoms. The smallest absolute Gasteiger partial charge is 0.199 e. The maximum absolute atomic E-state index is 6.40. The lowest BCUT2D eigenvalue weighted by Gasteiger charge is -2.32. The van der Waals surface area contributed by atoms with Gasteiger partial charge in [-0.2, -0.15) is 0 Å². The highest BCUT2D eigenvalue weighted by atomic mass is 79.9. The molecule has 2 aromatic carbocycles. The van der Waals surface area contributed by atoms with Gasteiger partial charge in [-0.3, -0.25) is 4.90 Å². The Morgan fingerprint density at radius 2 is 1.95 bits per heavy atom. The molecule has 0 aliphatic carbocycles. The fourth-order valence-corrected chi connectivity index (χ4v) is 4.91. The van der Waals surface area contributed by atoms with Crippen LogP contribution < -0.4 is 19.5 Å². The van der Waals surface area contributed by atoms with Gasteiger partial charge in [-0.15, -0.1) is 0 Å². The number of methoxy groups -OCH3 is 1. The standard InChI is InChI=1S/C27H34BrN5O4/c1-32-8-10-33(11-9-32)12-14-35-20-16-23-26(24(17-20)37-25-5-3-4-13-36-25)27(30-18-29-23)31-22-15-19(34-2)6-7-21(22)28/h6-7,15-18,25H,3-5,8-14H2,1-2H3,(H,29,30,31). The van der Waals surface area contributed by atoms with Gasteiger partial charge in [0.05, 0.1) is 30.3 Å². The van der Waals surface area contributed by atoms with Gasteiger partial charge < -0.3 is 29.2 Å². The molecule has 0 amide bonds. The Kier molecular flexibility index (Phi) is 8.60. The normalized spacial score (nSPS) is 19.1. The number of nitrogens with zero attached hydrogens (tertiary/aromatic N) is 4. The molecule has 5 rings (SSSR count). The van der Waals surface area contributed by atoms with E-state index in [-0.39, 0.29) is 6.29 Å². The van der Waals surface area contributed by atoms with Crippen molar-refractivity contribution in [1.29, 1.82) is 0 Å². The summed E-state index contributed by atoms with van der Waals surface area (Å²) in [5.41, 5.74) is 1.56. The number of rotatable bonds is 9. The first kappa shape index (κ1) is 26.0. The highest BCUT2D eigenvalue weighted by Gasteiger charge is 2.21. The summed E-state index contributed by atoms with van der Waals surface area (Å²) in [6.45, 7) is 6.48. The average Bonchev–Trinajstić information content (AvgIpc) is 2.91. The zero-order chi connectivity index (χ0) is 25.6. The van der Waals surface area contributed by atoms with Crippen molar-refractivity contribution in [2.45, 2.75) is 25.6 Å². The molecular formula is C27H34BrN5O4. The summed E-state index contributed by atoms with van der Waals surface area (Å²) in [6.07, 6.45) is 4.20. The summed E-state index contributed by atoms with van der Waals surface area (Å²) in [5.74, 6) is 2.74. The Bertz CT molecular complexity index is 1200. The molecule has 1 atom stereocenters. The number of halogens is 1. The van der Waals surface area contributed by atoms with Crippen molar-refractivity contribution in [3.8, 4) is 17.2 Å². The van der Waals surface area contributed by atoms with Gasteiger partial charge in [-0.05, 0) is 48.0 Å². The van der Waals surface area contributed by atoms with Crippen molar-refractivity contribution in [2.24, 2.45) is 0 Å². The molecule has 0 saturated carbocycles. The summed E-state index contributed by atoms with van der Waals surface area (Å²) in [4.78, 5) is 13.9. The lowest BCUT2D eigenvalue weighted by Crippen LogP contribution is -2.45. The van der Waals surface area contributed by atoms with E-state index in [0.717, 1.165) is 84.5 Å². The second-order valence-electron chi connectivity index (χ2n) is 9.42. The van der Waals surface area contributed by atoms with E-state index in [1.807, 2.05) is 30.3 Å². The average molecular weight is 573 g/mol. The van der Waals surface area contributed by atoms with Crippen molar-refractivity contribution >= 4 is 38.3 Å². The monoisotopic (exact) mass is 571 g/mol. The van der Waals surface area contributed by atoms with E-state index in [4.69, 9.17) is 18.9 Å². The van der Waals surface area contributed by atoms with Gasteiger partial charge in [0.15, 0.2) is 6.29 Å². The largest absolute Gasteiger partial charge is 0.497 e. The van der Waals surface area contributed by atoms with Gasteiger partial charge in [0, 0.05) is 61.8 Å². The lowest BCUT2D eigenvalue weighted by atomic mass is 10.1. The molecule has 0 bridgehead atoms. The summed E-state index contributed by atoms with van der Waals surface area (Å²) in [6, 6.07) is 9.62. The quantitative estimate of drug-likeness (QED) is 0.393.